The second kappa shape index (κ2) is 6.97. The minimum atomic E-state index is -0.933. The lowest BCUT2D eigenvalue weighted by Crippen LogP contribution is -2.37. The molecule has 0 bridgehead atoms. The molecule has 0 aliphatic carbocycles. The van der Waals surface area contributed by atoms with E-state index in [1.54, 1.807) is 6.92 Å². The normalized spacial score (nSPS) is 15.6. The number of hydrogen-bond donors (Lipinski definition) is 3. The summed E-state index contributed by atoms with van der Waals surface area (Å²) in [5.74, 6) is -0.933. The van der Waals surface area contributed by atoms with E-state index in [2.05, 4.69) is 15.5 Å². The number of anilines is 2. The molecule has 1 aromatic rings. The number of urea groups is 1. The number of rotatable bonds is 5. The molecule has 3 N–H and O–H groups in total. The Labute approximate surface area is 124 Å². The number of nitrogens with one attached hydrogen (secondary N) is 2. The van der Waals surface area contributed by atoms with Gasteiger partial charge in [-0.1, -0.05) is 0 Å². The summed E-state index contributed by atoms with van der Waals surface area (Å²) in [4.78, 5) is 24.6. The molecule has 114 valence electrons. The van der Waals surface area contributed by atoms with Crippen LogP contribution in [0.25, 0.3) is 0 Å². The zero-order valence-corrected chi connectivity index (χ0v) is 12.1. The highest BCUT2D eigenvalue weighted by molar-refractivity contribution is 5.89. The molecule has 0 spiro atoms. The summed E-state index contributed by atoms with van der Waals surface area (Å²) in [6.45, 7) is 3.82. The van der Waals surface area contributed by atoms with Crippen LogP contribution in [-0.2, 0) is 4.79 Å². The Hall–Kier alpha value is -2.24. The fourth-order valence-electron chi connectivity index (χ4n) is 2.43. The number of nitrogens with zero attached hydrogens (tertiary/aromatic N) is 1. The van der Waals surface area contributed by atoms with Gasteiger partial charge in [-0.25, -0.2) is 4.79 Å². The number of hydrogen-bond acceptors (Lipinski definition) is 3. The van der Waals surface area contributed by atoms with Gasteiger partial charge in [-0.05, 0) is 44.0 Å². The van der Waals surface area contributed by atoms with Gasteiger partial charge in [0, 0.05) is 30.5 Å². The maximum absolute atomic E-state index is 11.7. The van der Waals surface area contributed by atoms with Crippen LogP contribution < -0.4 is 15.5 Å². The molecular weight excluding hydrogens is 270 g/mol. The number of benzene rings is 1. The lowest BCUT2D eigenvalue weighted by molar-refractivity contribution is -0.137. The maximum atomic E-state index is 11.7. The van der Waals surface area contributed by atoms with Crippen molar-refractivity contribution in [2.45, 2.75) is 32.2 Å². The smallest absolute Gasteiger partial charge is 0.319 e. The molecule has 6 nitrogen and oxygen atoms in total. The molecule has 2 amide bonds. The largest absolute Gasteiger partial charge is 0.481 e. The fourth-order valence-corrected chi connectivity index (χ4v) is 2.43. The van der Waals surface area contributed by atoms with E-state index in [1.807, 2.05) is 24.3 Å². The second-order valence-electron chi connectivity index (χ2n) is 5.34. The van der Waals surface area contributed by atoms with E-state index in [9.17, 15) is 9.59 Å². The predicted molar refractivity (Wildman–Crippen MR) is 81.8 cm³/mol. The summed E-state index contributed by atoms with van der Waals surface area (Å²) in [6, 6.07) is 6.89. The van der Waals surface area contributed by atoms with E-state index in [-0.39, 0.29) is 6.42 Å². The van der Waals surface area contributed by atoms with Crippen molar-refractivity contribution >= 4 is 23.4 Å². The highest BCUT2D eigenvalue weighted by atomic mass is 16.4. The van der Waals surface area contributed by atoms with Crippen molar-refractivity contribution in [2.24, 2.45) is 0 Å². The van der Waals surface area contributed by atoms with Crippen LogP contribution in [-0.4, -0.2) is 36.2 Å². The van der Waals surface area contributed by atoms with E-state index >= 15 is 0 Å². The van der Waals surface area contributed by atoms with Gasteiger partial charge in [0.2, 0.25) is 0 Å². The van der Waals surface area contributed by atoms with Gasteiger partial charge < -0.3 is 20.6 Å². The summed E-state index contributed by atoms with van der Waals surface area (Å²) in [6.07, 6.45) is 2.36. The van der Waals surface area contributed by atoms with E-state index in [0.717, 1.165) is 18.8 Å². The molecule has 6 heteroatoms. The summed E-state index contributed by atoms with van der Waals surface area (Å²) in [7, 11) is 0. The van der Waals surface area contributed by atoms with Gasteiger partial charge in [0.05, 0.1) is 6.42 Å². The summed E-state index contributed by atoms with van der Waals surface area (Å²) in [5, 5.41) is 13.9. The van der Waals surface area contributed by atoms with Crippen molar-refractivity contribution in [1.82, 2.24) is 5.32 Å². The van der Waals surface area contributed by atoms with Gasteiger partial charge >= 0.3 is 12.0 Å². The van der Waals surface area contributed by atoms with Crippen LogP contribution in [0.15, 0.2) is 24.3 Å². The minimum Gasteiger partial charge on any atom is -0.481 e. The molecule has 1 aromatic carbocycles. The van der Waals surface area contributed by atoms with Crippen LogP contribution in [0.3, 0.4) is 0 Å². The van der Waals surface area contributed by atoms with Gasteiger partial charge in [-0.15, -0.1) is 0 Å². The quantitative estimate of drug-likeness (QED) is 0.777. The van der Waals surface area contributed by atoms with Crippen LogP contribution in [0.5, 0.6) is 0 Å². The Kier molecular flexibility index (Phi) is 5.03. The standard InChI is InChI=1S/C15H21N3O3/c1-11(10-14(19)20)16-15(21)17-12-4-6-13(7-5-12)18-8-2-3-9-18/h4-7,11H,2-3,8-10H2,1H3,(H,19,20)(H2,16,17,21). The summed E-state index contributed by atoms with van der Waals surface area (Å²) in [5.41, 5.74) is 1.86. The highest BCUT2D eigenvalue weighted by Crippen LogP contribution is 2.21. The third kappa shape index (κ3) is 4.66. The minimum absolute atomic E-state index is 0.0959. The molecule has 1 atom stereocenters. The first-order valence-electron chi connectivity index (χ1n) is 7.19. The van der Waals surface area contributed by atoms with Crippen LogP contribution in [0.2, 0.25) is 0 Å². The van der Waals surface area contributed by atoms with Crippen molar-refractivity contribution in [3.63, 3.8) is 0 Å². The van der Waals surface area contributed by atoms with Crippen LogP contribution >= 0.6 is 0 Å². The summed E-state index contributed by atoms with van der Waals surface area (Å²) < 4.78 is 0. The monoisotopic (exact) mass is 291 g/mol. The van der Waals surface area contributed by atoms with Gasteiger partial charge in [0.15, 0.2) is 0 Å². The number of carboxylic acids is 1. The Morgan fingerprint density at radius 2 is 1.86 bits per heavy atom. The second-order valence-corrected chi connectivity index (χ2v) is 5.34. The number of amides is 2. The van der Waals surface area contributed by atoms with E-state index < -0.39 is 18.0 Å². The lowest BCUT2D eigenvalue weighted by Gasteiger charge is -2.18. The van der Waals surface area contributed by atoms with Crippen LogP contribution in [0, 0.1) is 0 Å². The molecule has 2 rings (SSSR count). The molecular formula is C15H21N3O3. The SMILES string of the molecule is CC(CC(=O)O)NC(=O)Nc1ccc(N2CCCC2)cc1. The lowest BCUT2D eigenvalue weighted by atomic mass is 10.2. The number of carbonyl (C=O) groups is 2. The van der Waals surface area contributed by atoms with Gasteiger partial charge in [-0.2, -0.15) is 0 Å². The zero-order chi connectivity index (χ0) is 15.2. The molecule has 21 heavy (non-hydrogen) atoms. The highest BCUT2D eigenvalue weighted by Gasteiger charge is 2.13. The van der Waals surface area contributed by atoms with Crippen LogP contribution in [0.4, 0.5) is 16.2 Å². The molecule has 1 heterocycles. The maximum Gasteiger partial charge on any atom is 0.319 e. The topological polar surface area (TPSA) is 81.7 Å². The molecule has 0 radical (unpaired) electrons. The zero-order valence-electron chi connectivity index (χ0n) is 12.1. The number of aliphatic carboxylic acids is 1. The first-order chi connectivity index (χ1) is 10.0. The van der Waals surface area contributed by atoms with Gasteiger partial charge in [0.25, 0.3) is 0 Å². The van der Waals surface area contributed by atoms with E-state index in [1.165, 1.54) is 12.8 Å². The Bertz CT molecular complexity index is 495. The molecule has 0 aromatic heterocycles. The first-order valence-corrected chi connectivity index (χ1v) is 7.19. The Morgan fingerprint density at radius 1 is 1.24 bits per heavy atom. The molecule has 1 unspecified atom stereocenters. The molecule has 1 aliphatic heterocycles. The number of carbonyl (C=O) groups excluding carboxylic acids is 1. The van der Waals surface area contributed by atoms with Crippen molar-refractivity contribution < 1.29 is 14.7 Å². The van der Waals surface area contributed by atoms with Crippen LogP contribution in [0.1, 0.15) is 26.2 Å². The van der Waals surface area contributed by atoms with Gasteiger partial charge in [-0.3, -0.25) is 4.79 Å². The van der Waals surface area contributed by atoms with E-state index in [4.69, 9.17) is 5.11 Å². The van der Waals surface area contributed by atoms with Crippen molar-refractivity contribution in [1.29, 1.82) is 0 Å². The third-order valence-corrected chi connectivity index (χ3v) is 3.45. The van der Waals surface area contributed by atoms with Crippen molar-refractivity contribution in [3.8, 4) is 0 Å². The third-order valence-electron chi connectivity index (χ3n) is 3.45. The first kappa shape index (κ1) is 15.2. The number of carboxylic acid groups (broad SMARTS) is 1. The summed E-state index contributed by atoms with van der Waals surface area (Å²) >= 11 is 0. The molecule has 0 saturated carbocycles. The van der Waals surface area contributed by atoms with Crippen molar-refractivity contribution in [3.05, 3.63) is 24.3 Å². The Balaban J connectivity index is 1.84. The van der Waals surface area contributed by atoms with Gasteiger partial charge in [0.1, 0.15) is 0 Å². The Morgan fingerprint density at radius 3 is 2.43 bits per heavy atom. The fraction of sp³-hybridized carbons (Fsp3) is 0.467. The average Bonchev–Trinajstić information content (AvgIpc) is 2.92. The van der Waals surface area contributed by atoms with Crippen molar-refractivity contribution in [2.75, 3.05) is 23.3 Å². The predicted octanol–water partition coefficient (Wildman–Crippen LogP) is 2.27. The average molecular weight is 291 g/mol. The molecule has 1 saturated heterocycles. The molecule has 1 aliphatic rings. The van der Waals surface area contributed by atoms with E-state index in [0.29, 0.717) is 5.69 Å². The molecule has 1 fully saturated rings.